The Hall–Kier alpha value is -1.09. The molecule has 0 aromatic heterocycles. The van der Waals surface area contributed by atoms with Gasteiger partial charge in [-0.1, -0.05) is 0 Å². The van der Waals surface area contributed by atoms with Crippen LogP contribution in [0.15, 0.2) is 18.2 Å². The number of hydrogen-bond acceptors (Lipinski definition) is 2. The van der Waals surface area contributed by atoms with Crippen LogP contribution in [0.1, 0.15) is 31.2 Å². The van der Waals surface area contributed by atoms with Gasteiger partial charge in [0.05, 0.1) is 12.1 Å². The maximum absolute atomic E-state index is 13.4. The second-order valence-electron chi connectivity index (χ2n) is 6.04. The first-order valence-corrected chi connectivity index (χ1v) is 6.77. The summed E-state index contributed by atoms with van der Waals surface area (Å²) in [5, 5.41) is 13.2. The summed E-state index contributed by atoms with van der Waals surface area (Å²) < 4.78 is 13.4. The monoisotopic (exact) mass is 249 g/mol. The van der Waals surface area contributed by atoms with Crippen molar-refractivity contribution in [3.63, 3.8) is 0 Å². The third-order valence-electron chi connectivity index (χ3n) is 4.69. The third kappa shape index (κ3) is 1.91. The molecule has 0 aliphatic heterocycles. The second-order valence-corrected chi connectivity index (χ2v) is 6.04. The number of halogens is 1. The lowest BCUT2D eigenvalue weighted by Crippen LogP contribution is -2.46. The molecular formula is C15H20FNO. The fourth-order valence-corrected chi connectivity index (χ4v) is 3.93. The van der Waals surface area contributed by atoms with E-state index >= 15 is 0 Å². The van der Waals surface area contributed by atoms with Gasteiger partial charge in [0.15, 0.2) is 0 Å². The molecule has 3 atom stereocenters. The van der Waals surface area contributed by atoms with E-state index < -0.39 is 0 Å². The van der Waals surface area contributed by atoms with Gasteiger partial charge in [0.1, 0.15) is 5.82 Å². The molecule has 0 radical (unpaired) electrons. The molecule has 0 spiro atoms. The number of hydrogen-bond donors (Lipinski definition) is 2. The molecule has 2 saturated carbocycles. The predicted octanol–water partition coefficient (Wildman–Crippen LogP) is 3.10. The quantitative estimate of drug-likeness (QED) is 0.862. The number of nitrogens with one attached hydrogen (secondary N) is 1. The largest absolute Gasteiger partial charge is 0.394 e. The Morgan fingerprint density at radius 1 is 1.39 bits per heavy atom. The molecule has 1 aromatic carbocycles. The Morgan fingerprint density at radius 3 is 2.78 bits per heavy atom. The molecule has 3 rings (SSSR count). The van der Waals surface area contributed by atoms with Crippen molar-refractivity contribution in [3.8, 4) is 0 Å². The van der Waals surface area contributed by atoms with E-state index in [-0.39, 0.29) is 18.0 Å². The van der Waals surface area contributed by atoms with Gasteiger partial charge < -0.3 is 10.4 Å². The fraction of sp³-hybridized carbons (Fsp3) is 0.600. The van der Waals surface area contributed by atoms with Crippen molar-refractivity contribution in [2.45, 2.75) is 38.1 Å². The first kappa shape index (κ1) is 12.0. The summed E-state index contributed by atoms with van der Waals surface area (Å²) >= 11 is 0. The maximum Gasteiger partial charge on any atom is 0.125 e. The van der Waals surface area contributed by atoms with Crippen molar-refractivity contribution in [1.82, 2.24) is 0 Å². The summed E-state index contributed by atoms with van der Waals surface area (Å²) in [6.07, 6.45) is 4.70. The highest BCUT2D eigenvalue weighted by molar-refractivity contribution is 5.49. The Morgan fingerprint density at radius 2 is 2.22 bits per heavy atom. The van der Waals surface area contributed by atoms with Crippen LogP contribution >= 0.6 is 0 Å². The first-order valence-electron chi connectivity index (χ1n) is 6.77. The van der Waals surface area contributed by atoms with E-state index in [1.807, 2.05) is 13.0 Å². The van der Waals surface area contributed by atoms with Gasteiger partial charge in [-0.15, -0.1) is 0 Å². The third-order valence-corrected chi connectivity index (χ3v) is 4.69. The lowest BCUT2D eigenvalue weighted by molar-refractivity contribution is 0.159. The predicted molar refractivity (Wildman–Crippen MR) is 70.0 cm³/mol. The van der Waals surface area contributed by atoms with Crippen molar-refractivity contribution in [2.24, 2.45) is 11.8 Å². The van der Waals surface area contributed by atoms with Gasteiger partial charge in [0.2, 0.25) is 0 Å². The molecule has 2 aliphatic carbocycles. The molecular weight excluding hydrogens is 229 g/mol. The number of benzene rings is 1. The highest BCUT2D eigenvalue weighted by atomic mass is 19.1. The zero-order chi connectivity index (χ0) is 12.8. The van der Waals surface area contributed by atoms with E-state index in [2.05, 4.69) is 5.32 Å². The average molecular weight is 249 g/mol. The molecule has 3 unspecified atom stereocenters. The fourth-order valence-electron chi connectivity index (χ4n) is 3.93. The summed E-state index contributed by atoms with van der Waals surface area (Å²) in [5.74, 6) is 1.06. The van der Waals surface area contributed by atoms with E-state index in [1.54, 1.807) is 0 Å². The number of anilines is 1. The second kappa shape index (κ2) is 4.23. The molecule has 98 valence electrons. The molecule has 3 heteroatoms. The van der Waals surface area contributed by atoms with E-state index in [9.17, 15) is 9.50 Å². The van der Waals surface area contributed by atoms with Gasteiger partial charge in [0, 0.05) is 5.69 Å². The van der Waals surface area contributed by atoms with Crippen molar-refractivity contribution in [2.75, 3.05) is 11.9 Å². The Bertz CT molecular complexity index is 442. The van der Waals surface area contributed by atoms with Crippen LogP contribution in [0.4, 0.5) is 10.1 Å². The summed E-state index contributed by atoms with van der Waals surface area (Å²) in [7, 11) is 0. The number of rotatable bonds is 3. The standard InChI is InChI=1S/C15H20FNO/c1-10-4-13(16)7-14(5-10)17-15(9-18)8-11-2-3-12(15)6-11/h4-5,7,11-12,17-18H,2-3,6,8-9H2,1H3. The van der Waals surface area contributed by atoms with Crippen LogP contribution in [-0.4, -0.2) is 17.3 Å². The molecule has 2 fully saturated rings. The van der Waals surface area contributed by atoms with E-state index in [4.69, 9.17) is 0 Å². The van der Waals surface area contributed by atoms with E-state index in [0.717, 1.165) is 23.6 Å². The van der Waals surface area contributed by atoms with E-state index in [0.29, 0.717) is 5.92 Å². The molecule has 0 saturated heterocycles. The number of aliphatic hydroxyl groups is 1. The number of aryl methyl sites for hydroxylation is 1. The smallest absolute Gasteiger partial charge is 0.125 e. The highest BCUT2D eigenvalue weighted by Gasteiger charge is 2.50. The van der Waals surface area contributed by atoms with Gasteiger partial charge >= 0.3 is 0 Å². The Kier molecular flexibility index (Phi) is 2.81. The van der Waals surface area contributed by atoms with Gasteiger partial charge in [-0.2, -0.15) is 0 Å². The van der Waals surface area contributed by atoms with Crippen LogP contribution in [0.3, 0.4) is 0 Å². The van der Waals surface area contributed by atoms with Crippen molar-refractivity contribution < 1.29 is 9.50 Å². The molecule has 18 heavy (non-hydrogen) atoms. The van der Waals surface area contributed by atoms with Crippen molar-refractivity contribution >= 4 is 5.69 Å². The molecule has 0 amide bonds. The van der Waals surface area contributed by atoms with Gasteiger partial charge in [-0.3, -0.25) is 0 Å². The van der Waals surface area contributed by atoms with Crippen LogP contribution in [0, 0.1) is 24.6 Å². The average Bonchev–Trinajstić information content (AvgIpc) is 2.88. The normalized spacial score (nSPS) is 33.9. The van der Waals surface area contributed by atoms with Crippen LogP contribution in [0.2, 0.25) is 0 Å². The minimum atomic E-state index is -0.219. The van der Waals surface area contributed by atoms with Gasteiger partial charge in [-0.25, -0.2) is 4.39 Å². The molecule has 0 heterocycles. The molecule has 1 aromatic rings. The minimum Gasteiger partial charge on any atom is -0.394 e. The maximum atomic E-state index is 13.4. The van der Waals surface area contributed by atoms with Crippen LogP contribution in [0.25, 0.3) is 0 Å². The summed E-state index contributed by atoms with van der Waals surface area (Å²) in [6.45, 7) is 2.03. The van der Waals surface area contributed by atoms with Crippen molar-refractivity contribution in [3.05, 3.63) is 29.6 Å². The highest BCUT2D eigenvalue weighted by Crippen LogP contribution is 2.51. The van der Waals surface area contributed by atoms with Crippen LogP contribution in [-0.2, 0) is 0 Å². The topological polar surface area (TPSA) is 32.3 Å². The molecule has 2 nitrogen and oxygen atoms in total. The van der Waals surface area contributed by atoms with Crippen LogP contribution < -0.4 is 5.32 Å². The van der Waals surface area contributed by atoms with Crippen LogP contribution in [0.5, 0.6) is 0 Å². The summed E-state index contributed by atoms with van der Waals surface area (Å²) in [5.41, 5.74) is 1.49. The molecule has 2 aliphatic rings. The zero-order valence-electron chi connectivity index (χ0n) is 10.7. The van der Waals surface area contributed by atoms with Gasteiger partial charge in [0.25, 0.3) is 0 Å². The van der Waals surface area contributed by atoms with E-state index in [1.165, 1.54) is 31.4 Å². The molecule has 2 N–H and O–H groups in total. The Labute approximate surface area is 107 Å². The SMILES string of the molecule is Cc1cc(F)cc(NC2(CO)CC3CCC2C3)c1. The van der Waals surface area contributed by atoms with Gasteiger partial charge in [-0.05, 0) is 68.2 Å². The lowest BCUT2D eigenvalue weighted by atomic mass is 9.81. The first-order chi connectivity index (χ1) is 8.61. The Balaban J connectivity index is 1.86. The summed E-state index contributed by atoms with van der Waals surface area (Å²) in [4.78, 5) is 0. The summed E-state index contributed by atoms with van der Waals surface area (Å²) in [6, 6.07) is 5.00. The number of fused-ring (bicyclic) bond motifs is 2. The number of aliphatic hydroxyl groups excluding tert-OH is 1. The zero-order valence-corrected chi connectivity index (χ0v) is 10.7. The molecule has 2 bridgehead atoms. The lowest BCUT2D eigenvalue weighted by Gasteiger charge is -2.38. The van der Waals surface area contributed by atoms with Crippen molar-refractivity contribution in [1.29, 1.82) is 0 Å². The minimum absolute atomic E-state index is 0.143.